The van der Waals surface area contributed by atoms with Crippen molar-refractivity contribution in [3.63, 3.8) is 0 Å². The van der Waals surface area contributed by atoms with E-state index < -0.39 is 35.9 Å². The average Bonchev–Trinajstić information content (AvgIpc) is 2.41. The van der Waals surface area contributed by atoms with Gasteiger partial charge in [-0.05, 0) is 24.7 Å². The monoisotopic (exact) mass is 347 g/mol. The molecule has 2 amide bonds. The first-order valence-electron chi connectivity index (χ1n) is 7.78. The minimum absolute atomic E-state index is 0.0555. The number of amides is 2. The van der Waals surface area contributed by atoms with Crippen molar-refractivity contribution in [1.29, 1.82) is 0 Å². The largest absolute Gasteiger partial charge is 0.480 e. The highest BCUT2D eigenvalue weighted by Gasteiger charge is 2.27. The van der Waals surface area contributed by atoms with E-state index in [2.05, 4.69) is 23.3 Å². The molecular weight excluding hydrogens is 318 g/mol. The maximum Gasteiger partial charge on any atom is 0.326 e. The van der Waals surface area contributed by atoms with Crippen molar-refractivity contribution in [2.24, 2.45) is 17.6 Å². The van der Waals surface area contributed by atoms with Gasteiger partial charge in [0.25, 0.3) is 0 Å². The maximum atomic E-state index is 12.2. The number of thiol groups is 1. The highest BCUT2D eigenvalue weighted by molar-refractivity contribution is 7.80. The number of hydrogen-bond acceptors (Lipinski definition) is 5. The molecule has 134 valence electrons. The predicted molar refractivity (Wildman–Crippen MR) is 92.2 cm³/mol. The molecule has 0 saturated heterocycles. The van der Waals surface area contributed by atoms with Gasteiger partial charge in [0.2, 0.25) is 11.8 Å². The predicted octanol–water partition coefficient (Wildman–Crippen LogP) is 0.390. The molecule has 0 aliphatic heterocycles. The number of carbonyl (C=O) groups excluding carboxylic acids is 2. The Morgan fingerprint density at radius 1 is 0.957 bits per heavy atom. The number of carboxylic acid groups (broad SMARTS) is 1. The zero-order chi connectivity index (χ0) is 18.2. The van der Waals surface area contributed by atoms with E-state index in [0.717, 1.165) is 0 Å². The van der Waals surface area contributed by atoms with Crippen LogP contribution in [0.3, 0.4) is 0 Å². The van der Waals surface area contributed by atoms with Crippen LogP contribution in [0.1, 0.15) is 40.5 Å². The summed E-state index contributed by atoms with van der Waals surface area (Å²) < 4.78 is 0. The standard InChI is InChI=1S/C15H29N3O4S/c1-8(2)5-10(16)13(19)18-12(7-23)14(20)17-11(15(21)22)6-9(3)4/h8-12,23H,5-7,16H2,1-4H3,(H,17,20)(H,18,19)(H,21,22). The van der Waals surface area contributed by atoms with Gasteiger partial charge in [0, 0.05) is 5.75 Å². The summed E-state index contributed by atoms with van der Waals surface area (Å²) in [6.07, 6.45) is 0.805. The molecule has 0 saturated carbocycles. The van der Waals surface area contributed by atoms with Crippen molar-refractivity contribution in [2.45, 2.75) is 58.7 Å². The van der Waals surface area contributed by atoms with Crippen LogP contribution in [0.4, 0.5) is 0 Å². The van der Waals surface area contributed by atoms with Gasteiger partial charge >= 0.3 is 5.97 Å². The number of nitrogens with two attached hydrogens (primary N) is 1. The van der Waals surface area contributed by atoms with E-state index in [9.17, 15) is 14.4 Å². The second kappa shape index (κ2) is 10.5. The number of nitrogens with one attached hydrogen (secondary N) is 2. The van der Waals surface area contributed by atoms with E-state index in [1.165, 1.54) is 0 Å². The number of rotatable bonds is 10. The third-order valence-corrected chi connectivity index (χ3v) is 3.56. The zero-order valence-corrected chi connectivity index (χ0v) is 15.1. The third-order valence-electron chi connectivity index (χ3n) is 3.20. The molecule has 0 aromatic rings. The van der Waals surface area contributed by atoms with Crippen LogP contribution >= 0.6 is 12.6 Å². The van der Waals surface area contributed by atoms with Crippen LogP contribution in [0.15, 0.2) is 0 Å². The molecule has 0 spiro atoms. The van der Waals surface area contributed by atoms with E-state index in [1.54, 1.807) is 0 Å². The summed E-state index contributed by atoms with van der Waals surface area (Å²) in [4.78, 5) is 35.3. The van der Waals surface area contributed by atoms with Crippen LogP contribution in [0.2, 0.25) is 0 Å². The Morgan fingerprint density at radius 3 is 1.83 bits per heavy atom. The van der Waals surface area contributed by atoms with Crippen molar-refractivity contribution in [2.75, 3.05) is 5.75 Å². The van der Waals surface area contributed by atoms with Gasteiger partial charge in [0.05, 0.1) is 6.04 Å². The Bertz CT molecular complexity index is 416. The second-order valence-corrected chi connectivity index (χ2v) is 6.87. The third kappa shape index (κ3) is 8.80. The molecule has 0 aromatic heterocycles. The van der Waals surface area contributed by atoms with Crippen molar-refractivity contribution >= 4 is 30.4 Å². The van der Waals surface area contributed by atoms with Crippen LogP contribution in [-0.2, 0) is 14.4 Å². The minimum Gasteiger partial charge on any atom is -0.480 e. The highest BCUT2D eigenvalue weighted by Crippen LogP contribution is 2.06. The van der Waals surface area contributed by atoms with Crippen LogP contribution in [-0.4, -0.2) is 46.8 Å². The number of carboxylic acids is 1. The fourth-order valence-electron chi connectivity index (χ4n) is 2.05. The molecule has 0 radical (unpaired) electrons. The van der Waals surface area contributed by atoms with Crippen molar-refractivity contribution in [3.05, 3.63) is 0 Å². The summed E-state index contributed by atoms with van der Waals surface area (Å²) in [6.45, 7) is 7.62. The summed E-state index contributed by atoms with van der Waals surface area (Å²) in [5.74, 6) is -1.70. The Labute approximate surface area is 143 Å². The van der Waals surface area contributed by atoms with Gasteiger partial charge in [-0.15, -0.1) is 0 Å². The molecule has 0 heterocycles. The van der Waals surface area contributed by atoms with Crippen molar-refractivity contribution < 1.29 is 19.5 Å². The molecule has 3 unspecified atom stereocenters. The first-order valence-corrected chi connectivity index (χ1v) is 8.41. The quantitative estimate of drug-likeness (QED) is 0.366. The van der Waals surface area contributed by atoms with Crippen molar-refractivity contribution in [3.8, 4) is 0 Å². The zero-order valence-electron chi connectivity index (χ0n) is 14.2. The summed E-state index contributed by atoms with van der Waals surface area (Å²) >= 11 is 4.05. The van der Waals surface area contributed by atoms with Gasteiger partial charge in [-0.2, -0.15) is 12.6 Å². The number of aliphatic carboxylic acids is 1. The summed E-state index contributed by atoms with van der Waals surface area (Å²) in [6, 6.07) is -2.62. The van der Waals surface area contributed by atoms with Crippen LogP contribution in [0.25, 0.3) is 0 Å². The second-order valence-electron chi connectivity index (χ2n) is 6.51. The minimum atomic E-state index is -1.10. The lowest BCUT2D eigenvalue weighted by atomic mass is 10.0. The lowest BCUT2D eigenvalue weighted by Gasteiger charge is -2.22. The van der Waals surface area contributed by atoms with Crippen LogP contribution in [0, 0.1) is 11.8 Å². The SMILES string of the molecule is CC(C)CC(N)C(=O)NC(CS)C(=O)NC(CC(C)C)C(=O)O. The molecule has 0 aliphatic rings. The van der Waals surface area contributed by atoms with Gasteiger partial charge in [-0.3, -0.25) is 9.59 Å². The maximum absolute atomic E-state index is 12.2. The Hall–Kier alpha value is -1.28. The fourth-order valence-corrected chi connectivity index (χ4v) is 2.31. The molecule has 23 heavy (non-hydrogen) atoms. The number of carbonyl (C=O) groups is 3. The summed E-state index contributed by atoms with van der Waals surface area (Å²) in [5, 5.41) is 14.1. The smallest absolute Gasteiger partial charge is 0.326 e. The summed E-state index contributed by atoms with van der Waals surface area (Å²) in [5.41, 5.74) is 5.77. The Morgan fingerprint density at radius 2 is 1.43 bits per heavy atom. The Kier molecular flexibility index (Phi) is 9.90. The number of hydrogen-bond donors (Lipinski definition) is 5. The first-order chi connectivity index (χ1) is 10.6. The fraction of sp³-hybridized carbons (Fsp3) is 0.800. The van der Waals surface area contributed by atoms with Gasteiger partial charge in [0.1, 0.15) is 12.1 Å². The van der Waals surface area contributed by atoms with E-state index >= 15 is 0 Å². The topological polar surface area (TPSA) is 122 Å². The first kappa shape index (κ1) is 21.7. The lowest BCUT2D eigenvalue weighted by Crippen LogP contribution is -2.55. The van der Waals surface area contributed by atoms with Crippen molar-refractivity contribution in [1.82, 2.24) is 10.6 Å². The molecule has 3 atom stereocenters. The van der Waals surface area contributed by atoms with Gasteiger partial charge in [0.15, 0.2) is 0 Å². The molecule has 0 rings (SSSR count). The molecule has 7 nitrogen and oxygen atoms in total. The van der Waals surface area contributed by atoms with Gasteiger partial charge in [-0.1, -0.05) is 27.7 Å². The molecule has 5 N–H and O–H groups in total. The molecule has 8 heteroatoms. The molecule has 0 bridgehead atoms. The average molecular weight is 347 g/mol. The molecule has 0 aliphatic carbocycles. The lowest BCUT2D eigenvalue weighted by molar-refractivity contribution is -0.142. The van der Waals surface area contributed by atoms with E-state index in [4.69, 9.17) is 10.8 Å². The molecular formula is C15H29N3O4S. The molecule has 0 fully saturated rings. The van der Waals surface area contributed by atoms with E-state index in [-0.39, 0.29) is 17.6 Å². The van der Waals surface area contributed by atoms with Gasteiger partial charge in [-0.25, -0.2) is 4.79 Å². The van der Waals surface area contributed by atoms with Gasteiger partial charge < -0.3 is 21.5 Å². The Balaban J connectivity index is 4.72. The van der Waals surface area contributed by atoms with Crippen LogP contribution in [0.5, 0.6) is 0 Å². The van der Waals surface area contributed by atoms with Crippen LogP contribution < -0.4 is 16.4 Å². The summed E-state index contributed by atoms with van der Waals surface area (Å²) in [7, 11) is 0. The highest BCUT2D eigenvalue weighted by atomic mass is 32.1. The van der Waals surface area contributed by atoms with E-state index in [0.29, 0.717) is 12.8 Å². The normalized spacial score (nSPS) is 15.1. The van der Waals surface area contributed by atoms with E-state index in [1.807, 2.05) is 27.7 Å². The molecule has 0 aromatic carbocycles.